The van der Waals surface area contributed by atoms with Gasteiger partial charge in [0, 0.05) is 19.3 Å². The van der Waals surface area contributed by atoms with Crippen molar-refractivity contribution in [1.29, 1.82) is 0 Å². The van der Waals surface area contributed by atoms with Crippen LogP contribution in [0.1, 0.15) is 15.9 Å². The van der Waals surface area contributed by atoms with E-state index in [2.05, 4.69) is 4.74 Å². The van der Waals surface area contributed by atoms with Gasteiger partial charge in [0.05, 0.1) is 18.4 Å². The van der Waals surface area contributed by atoms with Crippen molar-refractivity contribution in [2.45, 2.75) is 6.54 Å². The number of anilines is 2. The third-order valence-electron chi connectivity index (χ3n) is 2.94. The first-order chi connectivity index (χ1) is 9.52. The van der Waals surface area contributed by atoms with E-state index in [-0.39, 0.29) is 11.3 Å². The van der Waals surface area contributed by atoms with Crippen molar-refractivity contribution in [3.05, 3.63) is 45.9 Å². The molecule has 6 heteroatoms. The van der Waals surface area contributed by atoms with Gasteiger partial charge < -0.3 is 15.4 Å². The summed E-state index contributed by atoms with van der Waals surface area (Å²) >= 11 is 1.58. The highest BCUT2D eigenvalue weighted by molar-refractivity contribution is 7.07. The molecule has 0 amide bonds. The maximum atomic E-state index is 14.0. The number of esters is 1. The molecule has 0 spiro atoms. The van der Waals surface area contributed by atoms with Crippen LogP contribution in [0.2, 0.25) is 0 Å². The summed E-state index contributed by atoms with van der Waals surface area (Å²) in [6.45, 7) is 0.547. The van der Waals surface area contributed by atoms with Crippen LogP contribution in [0, 0.1) is 5.82 Å². The van der Waals surface area contributed by atoms with Crippen LogP contribution in [0.5, 0.6) is 0 Å². The molecule has 0 radical (unpaired) electrons. The van der Waals surface area contributed by atoms with E-state index in [1.54, 1.807) is 23.3 Å². The van der Waals surface area contributed by atoms with Gasteiger partial charge in [-0.15, -0.1) is 0 Å². The van der Waals surface area contributed by atoms with Gasteiger partial charge in [0.25, 0.3) is 0 Å². The average molecular weight is 294 g/mol. The molecule has 2 N–H and O–H groups in total. The highest BCUT2D eigenvalue weighted by Gasteiger charge is 2.17. The monoisotopic (exact) mass is 294 g/mol. The molecule has 0 atom stereocenters. The van der Waals surface area contributed by atoms with E-state index in [0.29, 0.717) is 12.2 Å². The molecule has 20 heavy (non-hydrogen) atoms. The van der Waals surface area contributed by atoms with E-state index in [1.165, 1.54) is 13.2 Å². The zero-order valence-electron chi connectivity index (χ0n) is 11.2. The molecular weight excluding hydrogens is 279 g/mol. The molecule has 0 aliphatic rings. The number of ether oxygens (including phenoxy) is 1. The van der Waals surface area contributed by atoms with Gasteiger partial charge in [-0.25, -0.2) is 9.18 Å². The van der Waals surface area contributed by atoms with E-state index >= 15 is 0 Å². The van der Waals surface area contributed by atoms with Gasteiger partial charge >= 0.3 is 5.97 Å². The van der Waals surface area contributed by atoms with Crippen LogP contribution >= 0.6 is 11.3 Å². The van der Waals surface area contributed by atoms with E-state index in [4.69, 9.17) is 5.73 Å². The predicted octanol–water partition coefficient (Wildman–Crippen LogP) is 2.89. The van der Waals surface area contributed by atoms with Crippen molar-refractivity contribution in [1.82, 2.24) is 0 Å². The second-order valence-corrected chi connectivity index (χ2v) is 5.15. The number of nitrogens with two attached hydrogens (primary N) is 1. The van der Waals surface area contributed by atoms with Crippen LogP contribution in [0.25, 0.3) is 0 Å². The maximum absolute atomic E-state index is 14.0. The Bertz CT molecular complexity index is 614. The van der Waals surface area contributed by atoms with Crippen molar-refractivity contribution in [3.63, 3.8) is 0 Å². The number of carbonyl (C=O) groups excluding carboxylic acids is 1. The van der Waals surface area contributed by atoms with Crippen LogP contribution in [-0.2, 0) is 11.3 Å². The number of rotatable bonds is 4. The molecule has 2 aromatic rings. The number of nitrogen functional groups attached to an aromatic ring is 1. The number of carbonyl (C=O) groups is 1. The molecule has 0 bridgehead atoms. The second kappa shape index (κ2) is 5.92. The Balaban J connectivity index is 2.33. The Labute approximate surface area is 120 Å². The molecule has 106 valence electrons. The summed E-state index contributed by atoms with van der Waals surface area (Å²) in [5.41, 5.74) is 7.27. The summed E-state index contributed by atoms with van der Waals surface area (Å²) in [6, 6.07) is 4.53. The highest BCUT2D eigenvalue weighted by atomic mass is 32.1. The van der Waals surface area contributed by atoms with Crippen LogP contribution < -0.4 is 10.6 Å². The van der Waals surface area contributed by atoms with E-state index < -0.39 is 11.8 Å². The smallest absolute Gasteiger partial charge is 0.340 e. The molecule has 1 aromatic carbocycles. The topological polar surface area (TPSA) is 55.6 Å². The number of hydrogen-bond acceptors (Lipinski definition) is 5. The molecule has 0 saturated heterocycles. The van der Waals surface area contributed by atoms with E-state index in [1.807, 2.05) is 16.8 Å². The third kappa shape index (κ3) is 2.91. The van der Waals surface area contributed by atoms with E-state index in [0.717, 1.165) is 11.6 Å². The summed E-state index contributed by atoms with van der Waals surface area (Å²) in [5.74, 6) is -1.04. The number of benzene rings is 1. The first kappa shape index (κ1) is 14.3. The van der Waals surface area contributed by atoms with Gasteiger partial charge in [-0.3, -0.25) is 0 Å². The summed E-state index contributed by atoms with van der Waals surface area (Å²) in [6.07, 6.45) is 0. The first-order valence-corrected chi connectivity index (χ1v) is 6.86. The summed E-state index contributed by atoms with van der Waals surface area (Å²) in [5, 5.41) is 3.95. The zero-order valence-corrected chi connectivity index (χ0v) is 12.0. The van der Waals surface area contributed by atoms with Crippen LogP contribution in [-0.4, -0.2) is 20.1 Å². The standard InChI is InChI=1S/C14H15FN2O2S/c1-17(7-9-3-4-20-8-9)13-5-10(14(18)19-2)12(16)6-11(13)15/h3-6,8H,7,16H2,1-2H3. The lowest BCUT2D eigenvalue weighted by molar-refractivity contribution is 0.0602. The Morgan fingerprint density at radius 1 is 1.50 bits per heavy atom. The number of hydrogen-bond donors (Lipinski definition) is 1. The molecule has 0 aliphatic heterocycles. The second-order valence-electron chi connectivity index (χ2n) is 4.37. The molecule has 0 aliphatic carbocycles. The van der Waals surface area contributed by atoms with Crippen molar-refractivity contribution in [3.8, 4) is 0 Å². The van der Waals surface area contributed by atoms with Crippen molar-refractivity contribution in [2.75, 3.05) is 24.8 Å². The van der Waals surface area contributed by atoms with Gasteiger partial charge in [0.15, 0.2) is 0 Å². The minimum absolute atomic E-state index is 0.0713. The normalized spacial score (nSPS) is 10.3. The molecule has 0 fully saturated rings. The quantitative estimate of drug-likeness (QED) is 0.696. The van der Waals surface area contributed by atoms with Gasteiger partial charge in [0.1, 0.15) is 5.82 Å². The molecule has 0 saturated carbocycles. The fourth-order valence-electron chi connectivity index (χ4n) is 1.90. The Morgan fingerprint density at radius 3 is 2.85 bits per heavy atom. The van der Waals surface area contributed by atoms with Crippen LogP contribution in [0.3, 0.4) is 0 Å². The molecule has 0 unspecified atom stereocenters. The Hall–Kier alpha value is -2.08. The van der Waals surface area contributed by atoms with E-state index in [9.17, 15) is 9.18 Å². The number of nitrogens with zero attached hydrogens (tertiary/aromatic N) is 1. The van der Waals surface area contributed by atoms with Gasteiger partial charge in [-0.2, -0.15) is 11.3 Å². The molecule has 1 heterocycles. The lowest BCUT2D eigenvalue weighted by Gasteiger charge is -2.20. The molecule has 1 aromatic heterocycles. The summed E-state index contributed by atoms with van der Waals surface area (Å²) in [7, 11) is 3.02. The third-order valence-corrected chi connectivity index (χ3v) is 3.67. The lowest BCUT2D eigenvalue weighted by Crippen LogP contribution is -2.19. The molecule has 2 rings (SSSR count). The Kier molecular flexibility index (Phi) is 4.24. The zero-order chi connectivity index (χ0) is 14.7. The van der Waals surface area contributed by atoms with Crippen molar-refractivity contribution < 1.29 is 13.9 Å². The highest BCUT2D eigenvalue weighted by Crippen LogP contribution is 2.26. The minimum Gasteiger partial charge on any atom is -0.465 e. The first-order valence-electron chi connectivity index (χ1n) is 5.92. The fraction of sp³-hybridized carbons (Fsp3) is 0.214. The summed E-state index contributed by atoms with van der Waals surface area (Å²) in [4.78, 5) is 13.3. The van der Waals surface area contributed by atoms with Gasteiger partial charge in [-0.05, 0) is 34.5 Å². The van der Waals surface area contributed by atoms with Crippen molar-refractivity contribution >= 4 is 28.7 Å². The number of methoxy groups -OCH3 is 1. The molecular formula is C14H15FN2O2S. The number of thiophene rings is 1. The molecule has 4 nitrogen and oxygen atoms in total. The summed E-state index contributed by atoms with van der Waals surface area (Å²) < 4.78 is 18.6. The van der Waals surface area contributed by atoms with Crippen LogP contribution in [0.4, 0.5) is 15.8 Å². The van der Waals surface area contributed by atoms with Crippen molar-refractivity contribution in [2.24, 2.45) is 0 Å². The van der Waals surface area contributed by atoms with Gasteiger partial charge in [0.2, 0.25) is 0 Å². The SMILES string of the molecule is COC(=O)c1cc(N(C)Cc2ccsc2)c(F)cc1N. The fourth-order valence-corrected chi connectivity index (χ4v) is 2.56. The Morgan fingerprint density at radius 2 is 2.25 bits per heavy atom. The minimum atomic E-state index is -0.576. The lowest BCUT2D eigenvalue weighted by atomic mass is 10.1. The predicted molar refractivity (Wildman–Crippen MR) is 78.6 cm³/mol. The maximum Gasteiger partial charge on any atom is 0.340 e. The van der Waals surface area contributed by atoms with Gasteiger partial charge in [-0.1, -0.05) is 0 Å². The van der Waals surface area contributed by atoms with Crippen LogP contribution in [0.15, 0.2) is 29.0 Å². The largest absolute Gasteiger partial charge is 0.465 e. The number of halogens is 1. The average Bonchev–Trinajstić information content (AvgIpc) is 2.90.